The molecule has 2 aliphatic carbocycles. The molecule has 0 radical (unpaired) electrons. The second kappa shape index (κ2) is 19.4. The second-order valence-electron chi connectivity index (χ2n) is 18.8. The van der Waals surface area contributed by atoms with Crippen LogP contribution in [0, 0.1) is 29.4 Å². The molecule has 74 heavy (non-hydrogen) atoms. The van der Waals surface area contributed by atoms with E-state index in [9.17, 15) is 61.5 Å². The summed E-state index contributed by atoms with van der Waals surface area (Å²) in [5, 5.41) is 12.1. The Morgan fingerprint density at radius 1 is 0.946 bits per heavy atom. The van der Waals surface area contributed by atoms with Crippen molar-refractivity contribution in [3.05, 3.63) is 93.0 Å². The predicted molar refractivity (Wildman–Crippen MR) is 249 cm³/mol. The van der Waals surface area contributed by atoms with Gasteiger partial charge in [-0.25, -0.2) is 30.6 Å². The quantitative estimate of drug-likeness (QED) is 0.0875. The summed E-state index contributed by atoms with van der Waals surface area (Å²) < 4.78 is 199. The molecule has 1 saturated carbocycles. The summed E-state index contributed by atoms with van der Waals surface area (Å²) in [4.78, 5) is 34.6. The number of nitrogens with zero attached hydrogens (tertiary/aromatic N) is 7. The smallest absolute Gasteiger partial charge is 0.346 e. The van der Waals surface area contributed by atoms with Crippen LogP contribution < -0.4 is 14.9 Å². The molecule has 4 heterocycles. The van der Waals surface area contributed by atoms with Crippen molar-refractivity contribution in [2.75, 3.05) is 49.5 Å². The molecular weight excluding hydrogens is 1060 g/mol. The standard InChI is InChI=1S/C46H44ClF10N9O6S2/c1-43(2,73(3,69)70)11-9-27-5-6-28(29-7-8-32(47)37-39(29)65(23-44(50,51)52)62-42(37)66(74(4,71)72)35(68)10-14-63-15-12-58-13-16-63)38(59-27)33(19-24-17-25(48)20-26(49)18-24)60-34(67)22-64-41-36(40(61-64)46(55,56)57)30-21-31(30)45(41,53)54/h5-8,17-18,20,30-31,33,58H,10,12-16,19,21-23H2,1-4H3,(H,60,67)/t30-,31+,33-/m0/s1. The Morgan fingerprint density at radius 2 is 1.59 bits per heavy atom. The molecule has 8 rings (SSSR count). The van der Waals surface area contributed by atoms with Crippen molar-refractivity contribution >= 4 is 60.0 Å². The van der Waals surface area contributed by atoms with E-state index < -0.39 is 155 Å². The summed E-state index contributed by atoms with van der Waals surface area (Å²) in [7, 11) is -8.60. The molecule has 15 nitrogen and oxygen atoms in total. The number of alkyl halides is 8. The molecule has 0 spiro atoms. The third-order valence-corrected chi connectivity index (χ3v) is 16.2. The second-order valence-corrected chi connectivity index (χ2v) is 23.6. The maximum Gasteiger partial charge on any atom is 0.435 e. The number of carbonyl (C=O) groups is 2. The lowest BCUT2D eigenvalue weighted by Gasteiger charge is -2.27. The van der Waals surface area contributed by atoms with Gasteiger partial charge in [-0.3, -0.25) is 19.0 Å². The van der Waals surface area contributed by atoms with E-state index in [4.69, 9.17) is 11.6 Å². The van der Waals surface area contributed by atoms with Gasteiger partial charge in [0.05, 0.1) is 33.9 Å². The Balaban J connectivity index is 1.33. The number of anilines is 1. The van der Waals surface area contributed by atoms with Crippen LogP contribution in [0.15, 0.2) is 42.5 Å². The molecular formula is C46H44ClF10N9O6S2. The van der Waals surface area contributed by atoms with Gasteiger partial charge in [0.2, 0.25) is 21.8 Å². The van der Waals surface area contributed by atoms with Gasteiger partial charge in [-0.05, 0) is 74.4 Å². The number of hydrogen-bond donors (Lipinski definition) is 2. The van der Waals surface area contributed by atoms with E-state index >= 15 is 8.78 Å². The number of piperazine rings is 1. The van der Waals surface area contributed by atoms with Crippen LogP contribution in [-0.4, -0.2) is 114 Å². The van der Waals surface area contributed by atoms with Gasteiger partial charge in [0.1, 0.15) is 40.9 Å². The van der Waals surface area contributed by atoms with Crippen molar-refractivity contribution < 1.29 is 70.3 Å². The van der Waals surface area contributed by atoms with Crippen LogP contribution in [0.4, 0.5) is 49.7 Å². The SMILES string of the molecule is CC(C)(C#Cc1ccc(-c2ccc(Cl)c3c(N(C(=O)CCN4CCNCC4)S(C)(=O)=O)nn(CC(F)(F)F)c23)c([C@H](Cc2cc(F)cc(F)c2)NC(=O)Cn2nc(C(F)(F)F)c3c2C(F)(F)[C@@H]2C[C@H]32)n1)S(C)(=O)=O. The lowest BCUT2D eigenvalue weighted by Crippen LogP contribution is -2.45. The monoisotopic (exact) mass is 1110 g/mol. The van der Waals surface area contributed by atoms with E-state index in [1.54, 1.807) is 0 Å². The first-order valence-electron chi connectivity index (χ1n) is 22.5. The van der Waals surface area contributed by atoms with Crippen molar-refractivity contribution in [3.63, 3.8) is 0 Å². The summed E-state index contributed by atoms with van der Waals surface area (Å²) in [5.41, 5.74) is -5.61. The van der Waals surface area contributed by atoms with Gasteiger partial charge in [-0.15, -0.1) is 0 Å². The molecule has 3 atom stereocenters. The van der Waals surface area contributed by atoms with Crippen LogP contribution in [0.3, 0.4) is 0 Å². The zero-order valence-corrected chi connectivity index (χ0v) is 41.8. The van der Waals surface area contributed by atoms with Gasteiger partial charge in [0.25, 0.3) is 5.92 Å². The molecule has 2 N–H and O–H groups in total. The number of nitrogens with one attached hydrogen (secondary N) is 2. The van der Waals surface area contributed by atoms with Gasteiger partial charge in [0.15, 0.2) is 21.3 Å². The first kappa shape index (κ1) is 54.4. The number of hydrogen-bond acceptors (Lipinski definition) is 11. The molecule has 5 aromatic rings. The number of pyridine rings is 1. The topological polar surface area (TPSA) is 181 Å². The van der Waals surface area contributed by atoms with Gasteiger partial charge < -0.3 is 15.5 Å². The number of amides is 2. The number of aromatic nitrogens is 5. The summed E-state index contributed by atoms with van der Waals surface area (Å²) >= 11 is 6.71. The van der Waals surface area contributed by atoms with Gasteiger partial charge in [-0.1, -0.05) is 23.6 Å². The highest BCUT2D eigenvalue weighted by Crippen LogP contribution is 2.68. The van der Waals surface area contributed by atoms with Crippen molar-refractivity contribution in [1.29, 1.82) is 0 Å². The lowest BCUT2D eigenvalue weighted by atomic mass is 9.93. The van der Waals surface area contributed by atoms with Crippen LogP contribution in [0.5, 0.6) is 0 Å². The fourth-order valence-corrected chi connectivity index (χ4v) is 10.5. The Labute approximate surface area is 421 Å². The molecule has 1 aliphatic heterocycles. The minimum absolute atomic E-state index is 0.0521. The number of sulfonamides is 1. The first-order valence-corrected chi connectivity index (χ1v) is 26.6. The van der Waals surface area contributed by atoms with Crippen LogP contribution in [0.2, 0.25) is 5.02 Å². The molecule has 0 bridgehead atoms. The third kappa shape index (κ3) is 11.1. The summed E-state index contributed by atoms with van der Waals surface area (Å²) in [5.74, 6) is -6.85. The minimum Gasteiger partial charge on any atom is -0.346 e. The zero-order chi connectivity index (χ0) is 54.2. The fourth-order valence-electron chi connectivity index (χ4n) is 9.15. The van der Waals surface area contributed by atoms with Crippen molar-refractivity contribution in [1.82, 2.24) is 40.1 Å². The average molecular weight is 1110 g/mol. The summed E-state index contributed by atoms with van der Waals surface area (Å²) in [6.45, 7) is 1.47. The van der Waals surface area contributed by atoms with E-state index in [0.29, 0.717) is 43.2 Å². The predicted octanol–water partition coefficient (Wildman–Crippen LogP) is 6.88. The van der Waals surface area contributed by atoms with E-state index in [1.807, 2.05) is 4.90 Å². The Morgan fingerprint density at radius 3 is 2.20 bits per heavy atom. The molecule has 2 aromatic carbocycles. The molecule has 1 saturated heterocycles. The molecule has 3 aliphatic rings. The highest BCUT2D eigenvalue weighted by Gasteiger charge is 2.68. The number of benzene rings is 2. The molecule has 0 unspecified atom stereocenters. The lowest BCUT2D eigenvalue weighted by molar-refractivity contribution is -0.143. The Hall–Kier alpha value is -5.82. The maximum absolute atomic E-state index is 15.6. The molecule has 28 heteroatoms. The number of halogens is 11. The Kier molecular flexibility index (Phi) is 14.3. The van der Waals surface area contributed by atoms with E-state index in [-0.39, 0.29) is 44.3 Å². The van der Waals surface area contributed by atoms with E-state index in [1.165, 1.54) is 26.0 Å². The van der Waals surface area contributed by atoms with Crippen LogP contribution in [-0.2, 0) is 61.1 Å². The third-order valence-electron chi connectivity index (χ3n) is 12.9. The molecule has 398 valence electrons. The van der Waals surface area contributed by atoms with Crippen LogP contribution >= 0.6 is 11.6 Å². The average Bonchev–Trinajstić information content (AvgIpc) is 3.79. The molecule has 3 aromatic heterocycles. The normalized spacial score (nSPS) is 18.4. The van der Waals surface area contributed by atoms with Gasteiger partial charge >= 0.3 is 12.4 Å². The Bertz CT molecular complexity index is 3360. The van der Waals surface area contributed by atoms with E-state index in [2.05, 4.69) is 37.7 Å². The maximum atomic E-state index is 15.6. The number of rotatable bonds is 14. The highest BCUT2D eigenvalue weighted by atomic mass is 35.5. The minimum atomic E-state index is -5.21. The molecule has 2 amide bonds. The summed E-state index contributed by atoms with van der Waals surface area (Å²) in [6, 6.07) is 5.02. The molecule has 2 fully saturated rings. The van der Waals surface area contributed by atoms with Crippen molar-refractivity contribution in [2.45, 2.75) is 81.2 Å². The fraction of sp³-hybridized carbons (Fsp3) is 0.457. The first-order chi connectivity index (χ1) is 34.2. The highest BCUT2D eigenvalue weighted by molar-refractivity contribution is 7.93. The largest absolute Gasteiger partial charge is 0.435 e. The number of fused-ring (bicyclic) bond motifs is 4. The van der Waals surface area contributed by atoms with E-state index in [0.717, 1.165) is 30.5 Å². The number of carbonyl (C=O) groups excluding carboxylic acids is 2. The van der Waals surface area contributed by atoms with Crippen molar-refractivity contribution in [2.24, 2.45) is 5.92 Å². The van der Waals surface area contributed by atoms with Crippen LogP contribution in [0.25, 0.3) is 22.0 Å². The van der Waals surface area contributed by atoms with Crippen molar-refractivity contribution in [3.8, 4) is 23.0 Å². The summed E-state index contributed by atoms with van der Waals surface area (Å²) in [6.07, 6.45) is -10.2. The number of sulfone groups is 1. The van der Waals surface area contributed by atoms with Gasteiger partial charge in [-0.2, -0.15) is 49.6 Å². The van der Waals surface area contributed by atoms with Crippen LogP contribution in [0.1, 0.15) is 72.6 Å². The zero-order valence-electron chi connectivity index (χ0n) is 39.4. The van der Waals surface area contributed by atoms with Gasteiger partial charge in [0, 0.05) is 74.1 Å².